The van der Waals surface area contributed by atoms with Crippen LogP contribution in [0.25, 0.3) is 0 Å². The van der Waals surface area contributed by atoms with Gasteiger partial charge in [0.15, 0.2) is 4.34 Å². The second-order valence-electron chi connectivity index (χ2n) is 6.39. The highest BCUT2D eigenvalue weighted by atomic mass is 35.5. The fraction of sp³-hybridized carbons (Fsp3) is 0.286. The Bertz CT molecular complexity index is 954. The number of thioether (sulfide) groups is 1. The Balaban J connectivity index is 1.31. The summed E-state index contributed by atoms with van der Waals surface area (Å²) in [5.74, 6) is 1.40. The van der Waals surface area contributed by atoms with Crippen LogP contribution in [0.3, 0.4) is 0 Å². The van der Waals surface area contributed by atoms with Crippen LogP contribution >= 0.6 is 46.3 Å². The molecule has 158 valence electrons. The van der Waals surface area contributed by atoms with E-state index in [1.165, 1.54) is 16.9 Å². The number of aromatic nitrogens is 2. The fourth-order valence-corrected chi connectivity index (χ4v) is 4.83. The van der Waals surface area contributed by atoms with Crippen molar-refractivity contribution in [2.24, 2.45) is 0 Å². The van der Waals surface area contributed by atoms with E-state index < -0.39 is 0 Å². The Hall–Kier alpha value is -1.80. The summed E-state index contributed by atoms with van der Waals surface area (Å²) >= 11 is 15.0. The number of carbonyl (C=O) groups is 1. The minimum absolute atomic E-state index is 0.113. The third-order valence-corrected chi connectivity index (χ3v) is 6.62. The molecule has 0 radical (unpaired) electrons. The molecule has 0 aliphatic heterocycles. The molecule has 1 heterocycles. The van der Waals surface area contributed by atoms with E-state index in [0.29, 0.717) is 40.4 Å². The van der Waals surface area contributed by atoms with Crippen molar-refractivity contribution in [1.82, 2.24) is 10.2 Å². The lowest BCUT2D eigenvalue weighted by Gasteiger charge is -2.07. The lowest BCUT2D eigenvalue weighted by Crippen LogP contribution is -2.12. The third-order valence-electron chi connectivity index (χ3n) is 4.03. The maximum Gasteiger partial charge on any atom is 0.226 e. The van der Waals surface area contributed by atoms with Gasteiger partial charge in [0, 0.05) is 17.2 Å². The van der Waals surface area contributed by atoms with Gasteiger partial charge in [0.1, 0.15) is 5.75 Å². The van der Waals surface area contributed by atoms with E-state index in [9.17, 15) is 4.79 Å². The summed E-state index contributed by atoms with van der Waals surface area (Å²) in [6.07, 6.45) is 2.99. The number of hydrogen-bond acceptors (Lipinski definition) is 6. The maximum absolute atomic E-state index is 12.1. The van der Waals surface area contributed by atoms with Gasteiger partial charge >= 0.3 is 0 Å². The van der Waals surface area contributed by atoms with Crippen molar-refractivity contribution in [2.45, 2.75) is 30.0 Å². The summed E-state index contributed by atoms with van der Waals surface area (Å²) in [5.41, 5.74) is 1.34. The normalized spacial score (nSPS) is 10.7. The van der Waals surface area contributed by atoms with Crippen LogP contribution in [0.4, 0.5) is 5.13 Å². The third kappa shape index (κ3) is 7.80. The summed E-state index contributed by atoms with van der Waals surface area (Å²) in [4.78, 5) is 12.1. The van der Waals surface area contributed by atoms with Crippen LogP contribution < -0.4 is 10.1 Å². The minimum atomic E-state index is -0.113. The number of nitrogens with zero attached hydrogens (tertiary/aromatic N) is 2. The second kappa shape index (κ2) is 12.2. The predicted octanol–water partition coefficient (Wildman–Crippen LogP) is 6.37. The van der Waals surface area contributed by atoms with Gasteiger partial charge in [-0.25, -0.2) is 0 Å². The minimum Gasteiger partial charge on any atom is -0.492 e. The summed E-state index contributed by atoms with van der Waals surface area (Å²) < 4.78 is 6.44. The fourth-order valence-electron chi connectivity index (χ4n) is 2.59. The van der Waals surface area contributed by atoms with Crippen molar-refractivity contribution >= 4 is 57.3 Å². The van der Waals surface area contributed by atoms with Crippen molar-refractivity contribution in [2.75, 3.05) is 17.7 Å². The number of anilines is 1. The molecular weight excluding hydrogens is 461 g/mol. The van der Waals surface area contributed by atoms with E-state index >= 15 is 0 Å². The van der Waals surface area contributed by atoms with Crippen LogP contribution in [0.5, 0.6) is 5.75 Å². The van der Waals surface area contributed by atoms with Crippen LogP contribution in [-0.4, -0.2) is 28.5 Å². The van der Waals surface area contributed by atoms with Crippen molar-refractivity contribution in [3.05, 3.63) is 64.1 Å². The van der Waals surface area contributed by atoms with Crippen molar-refractivity contribution in [3.63, 3.8) is 0 Å². The number of aryl methyl sites for hydroxylation is 1. The molecule has 0 bridgehead atoms. The Kier molecular flexibility index (Phi) is 9.27. The molecule has 3 rings (SSSR count). The molecule has 9 heteroatoms. The first kappa shape index (κ1) is 22.9. The first-order valence-corrected chi connectivity index (χ1v) is 12.0. The lowest BCUT2D eigenvalue weighted by molar-refractivity contribution is -0.116. The van der Waals surface area contributed by atoms with Gasteiger partial charge in [-0.15, -0.1) is 10.2 Å². The highest BCUT2D eigenvalue weighted by molar-refractivity contribution is 8.01. The Labute approximate surface area is 194 Å². The Morgan fingerprint density at radius 1 is 1.10 bits per heavy atom. The van der Waals surface area contributed by atoms with E-state index in [1.54, 1.807) is 30.0 Å². The number of rotatable bonds is 11. The zero-order valence-electron chi connectivity index (χ0n) is 16.1. The molecule has 0 aliphatic carbocycles. The van der Waals surface area contributed by atoms with Gasteiger partial charge < -0.3 is 10.1 Å². The summed E-state index contributed by atoms with van der Waals surface area (Å²) in [6, 6.07) is 15.5. The van der Waals surface area contributed by atoms with E-state index in [2.05, 4.69) is 39.8 Å². The smallest absolute Gasteiger partial charge is 0.226 e. The zero-order chi connectivity index (χ0) is 21.2. The average molecular weight is 482 g/mol. The number of nitrogens with one attached hydrogen (secondary N) is 1. The van der Waals surface area contributed by atoms with Crippen molar-refractivity contribution in [3.8, 4) is 5.75 Å². The molecule has 0 fully saturated rings. The summed E-state index contributed by atoms with van der Waals surface area (Å²) in [6.45, 7) is 0.382. The number of carbonyl (C=O) groups excluding carboxylic acids is 1. The predicted molar refractivity (Wildman–Crippen MR) is 125 cm³/mol. The molecule has 3 aromatic rings. The highest BCUT2D eigenvalue weighted by Crippen LogP contribution is 2.28. The second-order valence-corrected chi connectivity index (χ2v) is 9.55. The SMILES string of the molecule is O=C(CCCOc1ccc(Cl)cc1Cl)Nc1nnc(SCCCc2ccccc2)s1. The monoisotopic (exact) mass is 481 g/mol. The largest absolute Gasteiger partial charge is 0.492 e. The molecule has 1 N–H and O–H groups in total. The number of ether oxygens (including phenoxy) is 1. The number of amides is 1. The van der Waals surface area contributed by atoms with Crippen LogP contribution in [0.2, 0.25) is 10.0 Å². The van der Waals surface area contributed by atoms with Crippen LogP contribution in [0, 0.1) is 0 Å². The maximum atomic E-state index is 12.1. The molecule has 5 nitrogen and oxygen atoms in total. The molecule has 2 aromatic carbocycles. The molecule has 0 aliphatic rings. The highest BCUT2D eigenvalue weighted by Gasteiger charge is 2.09. The van der Waals surface area contributed by atoms with Gasteiger partial charge in [-0.05, 0) is 43.0 Å². The number of halogens is 2. The van der Waals surface area contributed by atoms with Crippen LogP contribution in [-0.2, 0) is 11.2 Å². The molecule has 1 aromatic heterocycles. The molecule has 0 saturated heterocycles. The summed E-state index contributed by atoms with van der Waals surface area (Å²) in [5, 5.41) is 12.5. The van der Waals surface area contributed by atoms with Gasteiger partial charge in [0.25, 0.3) is 0 Å². The quantitative estimate of drug-likeness (QED) is 0.196. The van der Waals surface area contributed by atoms with Crippen molar-refractivity contribution in [1.29, 1.82) is 0 Å². The van der Waals surface area contributed by atoms with Crippen LogP contribution in [0.1, 0.15) is 24.8 Å². The number of benzene rings is 2. The van der Waals surface area contributed by atoms with Gasteiger partial charge in [-0.2, -0.15) is 0 Å². The Morgan fingerprint density at radius 2 is 1.93 bits per heavy atom. The van der Waals surface area contributed by atoms with Gasteiger partial charge in [0.05, 0.1) is 11.6 Å². The van der Waals surface area contributed by atoms with E-state index in [4.69, 9.17) is 27.9 Å². The molecule has 1 amide bonds. The van der Waals surface area contributed by atoms with E-state index in [0.717, 1.165) is 22.9 Å². The first-order valence-electron chi connectivity index (χ1n) is 9.48. The first-order chi connectivity index (χ1) is 14.6. The summed E-state index contributed by atoms with van der Waals surface area (Å²) in [7, 11) is 0. The van der Waals surface area contributed by atoms with Crippen LogP contribution in [0.15, 0.2) is 52.9 Å². The molecule has 0 saturated carbocycles. The van der Waals surface area contributed by atoms with E-state index in [1.807, 2.05) is 6.07 Å². The average Bonchev–Trinajstić information content (AvgIpc) is 3.18. The standard InChI is InChI=1S/C21H21Cl2N3O2S2/c22-16-10-11-18(17(23)14-16)28-12-4-9-19(27)24-20-25-26-21(30-20)29-13-5-8-15-6-2-1-3-7-15/h1-3,6-7,10-11,14H,4-5,8-9,12-13H2,(H,24,25,27). The molecule has 0 spiro atoms. The van der Waals surface area contributed by atoms with Crippen molar-refractivity contribution < 1.29 is 9.53 Å². The topological polar surface area (TPSA) is 64.1 Å². The molecule has 0 atom stereocenters. The molecule has 30 heavy (non-hydrogen) atoms. The number of hydrogen-bond donors (Lipinski definition) is 1. The zero-order valence-corrected chi connectivity index (χ0v) is 19.3. The van der Waals surface area contributed by atoms with E-state index in [-0.39, 0.29) is 5.91 Å². The van der Waals surface area contributed by atoms with Gasteiger partial charge in [0.2, 0.25) is 11.0 Å². The molecule has 0 unspecified atom stereocenters. The van der Waals surface area contributed by atoms with Gasteiger partial charge in [-0.1, -0.05) is 76.6 Å². The lowest BCUT2D eigenvalue weighted by atomic mass is 10.1. The molecular formula is C21H21Cl2N3O2S2. The Morgan fingerprint density at radius 3 is 2.73 bits per heavy atom. The van der Waals surface area contributed by atoms with Gasteiger partial charge in [-0.3, -0.25) is 4.79 Å².